The zero-order chi connectivity index (χ0) is 20.1. The van der Waals surface area contributed by atoms with Crippen LogP contribution in [0.5, 0.6) is 5.75 Å². The third-order valence-electron chi connectivity index (χ3n) is 4.55. The number of hydrogen-bond donors (Lipinski definition) is 1. The van der Waals surface area contributed by atoms with Crippen molar-refractivity contribution in [1.29, 1.82) is 0 Å². The first-order valence-corrected chi connectivity index (χ1v) is 9.05. The molecule has 2 amide bonds. The highest BCUT2D eigenvalue weighted by atomic mass is 16.5. The van der Waals surface area contributed by atoms with Crippen LogP contribution in [0.3, 0.4) is 0 Å². The molecule has 1 aliphatic rings. The lowest BCUT2D eigenvalue weighted by molar-refractivity contribution is -0.122. The smallest absolute Gasteiger partial charge is 0.339 e. The molecule has 1 heterocycles. The summed E-state index contributed by atoms with van der Waals surface area (Å²) in [5.74, 6) is -0.741. The highest BCUT2D eigenvalue weighted by Gasteiger charge is 2.35. The van der Waals surface area contributed by atoms with Gasteiger partial charge in [-0.05, 0) is 43.3 Å². The summed E-state index contributed by atoms with van der Waals surface area (Å²) in [5, 5.41) is 2.75. The molecule has 0 aromatic heterocycles. The molecule has 7 heteroatoms. The van der Waals surface area contributed by atoms with Gasteiger partial charge in [0, 0.05) is 18.7 Å². The second-order valence-corrected chi connectivity index (χ2v) is 6.36. The number of rotatable bonds is 6. The number of carbonyl (C=O) groups is 3. The number of para-hydroxylation sites is 1. The van der Waals surface area contributed by atoms with Crippen molar-refractivity contribution in [3.63, 3.8) is 0 Å². The Balaban J connectivity index is 1.70. The van der Waals surface area contributed by atoms with Gasteiger partial charge >= 0.3 is 5.97 Å². The first-order chi connectivity index (χ1) is 13.5. The molecule has 1 fully saturated rings. The molecule has 2 aromatic carbocycles. The molecule has 7 nitrogen and oxygen atoms in total. The average molecular weight is 382 g/mol. The first kappa shape index (κ1) is 19.4. The maximum atomic E-state index is 12.7. The molecule has 28 heavy (non-hydrogen) atoms. The molecule has 0 aliphatic carbocycles. The Morgan fingerprint density at radius 1 is 1.14 bits per heavy atom. The summed E-state index contributed by atoms with van der Waals surface area (Å²) in [6, 6.07) is 13.8. The summed E-state index contributed by atoms with van der Waals surface area (Å²) in [5.41, 5.74) is 1.36. The lowest BCUT2D eigenvalue weighted by Gasteiger charge is -2.17. The molecule has 1 aliphatic heterocycles. The van der Waals surface area contributed by atoms with Gasteiger partial charge in [0.2, 0.25) is 11.8 Å². The summed E-state index contributed by atoms with van der Waals surface area (Å²) in [6.07, 6.45) is 0.111. The fourth-order valence-corrected chi connectivity index (χ4v) is 3.14. The van der Waals surface area contributed by atoms with E-state index >= 15 is 0 Å². The highest BCUT2D eigenvalue weighted by Crippen LogP contribution is 2.28. The van der Waals surface area contributed by atoms with Crippen molar-refractivity contribution in [2.45, 2.75) is 13.3 Å². The monoisotopic (exact) mass is 382 g/mol. The van der Waals surface area contributed by atoms with Crippen molar-refractivity contribution in [3.8, 4) is 5.75 Å². The zero-order valence-electron chi connectivity index (χ0n) is 15.8. The summed E-state index contributed by atoms with van der Waals surface area (Å²) in [4.78, 5) is 38.5. The van der Waals surface area contributed by atoms with Crippen LogP contribution in [-0.2, 0) is 14.3 Å². The lowest BCUT2D eigenvalue weighted by atomic mass is 10.1. The summed E-state index contributed by atoms with van der Waals surface area (Å²) < 4.78 is 10.2. The maximum absolute atomic E-state index is 12.7. The zero-order valence-corrected chi connectivity index (χ0v) is 15.8. The first-order valence-electron chi connectivity index (χ1n) is 9.05. The molecular formula is C21H22N2O5. The molecule has 0 bridgehead atoms. The van der Waals surface area contributed by atoms with Crippen molar-refractivity contribution < 1.29 is 23.9 Å². The number of nitrogens with one attached hydrogen (secondary N) is 1. The third-order valence-corrected chi connectivity index (χ3v) is 4.55. The SMILES string of the molecule is CCOc1ccc(N2CC(C(=O)Nc3ccccc3C(=O)OC)CC2=O)cc1. The molecule has 0 spiro atoms. The summed E-state index contributed by atoms with van der Waals surface area (Å²) in [7, 11) is 1.28. The summed E-state index contributed by atoms with van der Waals surface area (Å²) in [6.45, 7) is 2.75. The van der Waals surface area contributed by atoms with Crippen LogP contribution in [0, 0.1) is 5.92 Å². The quantitative estimate of drug-likeness (QED) is 0.777. The van der Waals surface area contributed by atoms with Gasteiger partial charge in [0.1, 0.15) is 5.75 Å². The predicted octanol–water partition coefficient (Wildman–Crippen LogP) is 2.86. The minimum atomic E-state index is -0.533. The van der Waals surface area contributed by atoms with E-state index in [0.717, 1.165) is 11.4 Å². The van der Waals surface area contributed by atoms with E-state index in [9.17, 15) is 14.4 Å². The van der Waals surface area contributed by atoms with Gasteiger partial charge in [0.25, 0.3) is 0 Å². The fourth-order valence-electron chi connectivity index (χ4n) is 3.14. The molecule has 1 N–H and O–H groups in total. The van der Waals surface area contributed by atoms with Crippen molar-refractivity contribution in [2.24, 2.45) is 5.92 Å². The number of anilines is 2. The molecule has 0 radical (unpaired) electrons. The van der Waals surface area contributed by atoms with Crippen molar-refractivity contribution in [3.05, 3.63) is 54.1 Å². The van der Waals surface area contributed by atoms with Gasteiger partial charge in [-0.15, -0.1) is 0 Å². The standard InChI is InChI=1S/C21H22N2O5/c1-3-28-16-10-8-15(9-11-16)23-13-14(12-19(23)24)20(25)22-18-7-5-4-6-17(18)21(26)27-2/h4-11,14H,3,12-13H2,1-2H3,(H,22,25). The molecule has 2 aromatic rings. The number of carbonyl (C=O) groups excluding carboxylic acids is 3. The molecule has 1 atom stereocenters. The highest BCUT2D eigenvalue weighted by molar-refractivity contribution is 6.06. The van der Waals surface area contributed by atoms with Crippen LogP contribution < -0.4 is 15.0 Å². The van der Waals surface area contributed by atoms with Crippen LogP contribution in [0.1, 0.15) is 23.7 Å². The Morgan fingerprint density at radius 2 is 1.86 bits per heavy atom. The largest absolute Gasteiger partial charge is 0.494 e. The number of nitrogens with zero attached hydrogens (tertiary/aromatic N) is 1. The third kappa shape index (κ3) is 4.14. The minimum absolute atomic E-state index is 0.111. The Bertz CT molecular complexity index is 879. The van der Waals surface area contributed by atoms with Gasteiger partial charge in [0.05, 0.1) is 30.9 Å². The van der Waals surface area contributed by atoms with Crippen molar-refractivity contribution >= 4 is 29.2 Å². The Labute approximate surface area is 163 Å². The van der Waals surface area contributed by atoms with Crippen molar-refractivity contribution in [2.75, 3.05) is 30.5 Å². The second-order valence-electron chi connectivity index (χ2n) is 6.36. The molecule has 3 rings (SSSR count). The molecule has 0 saturated carbocycles. The molecular weight excluding hydrogens is 360 g/mol. The molecule has 146 valence electrons. The van der Waals surface area contributed by atoms with Gasteiger partial charge in [0.15, 0.2) is 0 Å². The predicted molar refractivity (Wildman–Crippen MR) is 104 cm³/mol. The van der Waals surface area contributed by atoms with Gasteiger partial charge in [-0.1, -0.05) is 12.1 Å². The number of hydrogen-bond acceptors (Lipinski definition) is 5. The second kappa shape index (κ2) is 8.56. The van der Waals surface area contributed by atoms with Crippen LogP contribution >= 0.6 is 0 Å². The van der Waals surface area contributed by atoms with Gasteiger partial charge < -0.3 is 19.7 Å². The van der Waals surface area contributed by atoms with Crippen LogP contribution in [0.25, 0.3) is 0 Å². The number of esters is 1. The van der Waals surface area contributed by atoms with E-state index < -0.39 is 11.9 Å². The van der Waals surface area contributed by atoms with E-state index in [1.54, 1.807) is 53.4 Å². The molecule has 1 unspecified atom stereocenters. The van der Waals surface area contributed by atoms with Crippen LogP contribution in [0.4, 0.5) is 11.4 Å². The van der Waals surface area contributed by atoms with Gasteiger partial charge in [-0.2, -0.15) is 0 Å². The average Bonchev–Trinajstić information content (AvgIpc) is 3.10. The minimum Gasteiger partial charge on any atom is -0.494 e. The Hall–Kier alpha value is -3.35. The van der Waals surface area contributed by atoms with Gasteiger partial charge in [-0.3, -0.25) is 9.59 Å². The van der Waals surface area contributed by atoms with Gasteiger partial charge in [-0.25, -0.2) is 4.79 Å². The van der Waals surface area contributed by atoms with Crippen LogP contribution in [0.2, 0.25) is 0 Å². The number of ether oxygens (including phenoxy) is 2. The molecule has 1 saturated heterocycles. The topological polar surface area (TPSA) is 84.9 Å². The Kier molecular flexibility index (Phi) is 5.93. The van der Waals surface area contributed by atoms with Crippen molar-refractivity contribution in [1.82, 2.24) is 0 Å². The van der Waals surface area contributed by atoms with E-state index in [2.05, 4.69) is 5.32 Å². The lowest BCUT2D eigenvalue weighted by Crippen LogP contribution is -2.28. The maximum Gasteiger partial charge on any atom is 0.339 e. The van der Waals surface area contributed by atoms with E-state index in [0.29, 0.717) is 12.3 Å². The number of methoxy groups -OCH3 is 1. The Morgan fingerprint density at radius 3 is 2.54 bits per heavy atom. The van der Waals surface area contributed by atoms with Crippen LogP contribution in [-0.4, -0.2) is 38.0 Å². The summed E-state index contributed by atoms with van der Waals surface area (Å²) >= 11 is 0. The number of amides is 2. The van der Waals surface area contributed by atoms with E-state index in [1.807, 2.05) is 6.92 Å². The van der Waals surface area contributed by atoms with E-state index in [-0.39, 0.29) is 30.3 Å². The fraction of sp³-hybridized carbons (Fsp3) is 0.286. The van der Waals surface area contributed by atoms with E-state index in [4.69, 9.17) is 9.47 Å². The normalized spacial score (nSPS) is 16.0. The number of benzene rings is 2. The van der Waals surface area contributed by atoms with Crippen LogP contribution in [0.15, 0.2) is 48.5 Å². The van der Waals surface area contributed by atoms with E-state index in [1.165, 1.54) is 7.11 Å².